The molecule has 1 fully saturated rings. The van der Waals surface area contributed by atoms with Crippen LogP contribution in [0.2, 0.25) is 0 Å². The van der Waals surface area contributed by atoms with Crippen LogP contribution in [-0.2, 0) is 0 Å². The maximum atomic E-state index is 12.0. The molecule has 1 aliphatic carbocycles. The number of rotatable bonds is 4. The topological polar surface area (TPSA) is 133 Å². The Balaban J connectivity index is 2.23. The third kappa shape index (κ3) is 2.54. The number of carboxylic acid groups (broad SMARTS) is 2. The molecule has 24 heavy (non-hydrogen) atoms. The molecule has 0 spiro atoms. The lowest BCUT2D eigenvalue weighted by atomic mass is 9.79. The molecule has 0 atom stereocenters. The highest BCUT2D eigenvalue weighted by Crippen LogP contribution is 2.37. The Morgan fingerprint density at radius 2 is 1.62 bits per heavy atom. The summed E-state index contributed by atoms with van der Waals surface area (Å²) in [6, 6.07) is 6.96. The lowest BCUT2D eigenvalue weighted by Gasteiger charge is -2.26. The van der Waals surface area contributed by atoms with Gasteiger partial charge in [0.1, 0.15) is 16.9 Å². The molecule has 0 amide bonds. The van der Waals surface area contributed by atoms with Crippen molar-refractivity contribution in [2.45, 2.75) is 25.2 Å². The number of carboxylic acids is 2. The quantitative estimate of drug-likeness (QED) is 0.680. The van der Waals surface area contributed by atoms with E-state index in [1.54, 1.807) is 12.1 Å². The molecule has 1 heterocycles. The van der Waals surface area contributed by atoms with E-state index >= 15 is 0 Å². The van der Waals surface area contributed by atoms with Crippen LogP contribution >= 0.6 is 0 Å². The third-order valence-corrected chi connectivity index (χ3v) is 4.45. The Kier molecular flexibility index (Phi) is 3.84. The van der Waals surface area contributed by atoms with Crippen LogP contribution in [0, 0.1) is 0 Å². The van der Waals surface area contributed by atoms with Crippen LogP contribution in [0.25, 0.3) is 11.1 Å². The molecule has 5 N–H and O–H groups in total. The second-order valence-electron chi connectivity index (χ2n) is 5.85. The molecule has 0 bridgehead atoms. The monoisotopic (exact) mass is 328 g/mol. The predicted octanol–water partition coefficient (Wildman–Crippen LogP) is 2.29. The zero-order valence-corrected chi connectivity index (χ0v) is 12.7. The van der Waals surface area contributed by atoms with Gasteiger partial charge in [-0.15, -0.1) is 0 Å². The normalized spacial score (nSPS) is 14.2. The molecule has 0 unspecified atom stereocenters. The second-order valence-corrected chi connectivity index (χ2v) is 5.85. The Morgan fingerprint density at radius 3 is 2.08 bits per heavy atom. The highest BCUT2D eigenvalue weighted by atomic mass is 16.4. The maximum Gasteiger partial charge on any atom is 0.342 e. The van der Waals surface area contributed by atoms with Gasteiger partial charge in [-0.05, 0) is 29.9 Å². The number of carbonyl (C=O) groups is 2. The van der Waals surface area contributed by atoms with E-state index in [0.29, 0.717) is 11.5 Å². The molecule has 0 aliphatic heterocycles. The van der Waals surface area contributed by atoms with Crippen LogP contribution in [0.1, 0.15) is 51.5 Å². The average Bonchev–Trinajstić information content (AvgIpc) is 2.44. The number of nitrogens with two attached hydrogens (primary N) is 1. The van der Waals surface area contributed by atoms with Gasteiger partial charge in [0.15, 0.2) is 0 Å². The van der Waals surface area contributed by atoms with Gasteiger partial charge < -0.3 is 20.9 Å². The fraction of sp³-hybridized carbons (Fsp3) is 0.235. The maximum absolute atomic E-state index is 12.0. The number of nitrogens with one attached hydrogen (secondary N) is 1. The van der Waals surface area contributed by atoms with Gasteiger partial charge in [0.05, 0.1) is 0 Å². The minimum absolute atomic E-state index is 0.170. The summed E-state index contributed by atoms with van der Waals surface area (Å²) in [6.45, 7) is 0. The minimum Gasteiger partial charge on any atom is -0.478 e. The number of hydrogen-bond acceptors (Lipinski definition) is 4. The SMILES string of the molecule is Nc1[nH]c(=O)c(C(=O)O)c(-c2ccc(C3CCC3)cc2)c1C(=O)O. The molecule has 7 nitrogen and oxygen atoms in total. The van der Waals surface area contributed by atoms with Gasteiger partial charge in [0, 0.05) is 5.56 Å². The smallest absolute Gasteiger partial charge is 0.342 e. The van der Waals surface area contributed by atoms with E-state index in [-0.39, 0.29) is 11.4 Å². The van der Waals surface area contributed by atoms with Gasteiger partial charge in [-0.1, -0.05) is 30.7 Å². The van der Waals surface area contributed by atoms with E-state index in [9.17, 15) is 24.6 Å². The van der Waals surface area contributed by atoms with Crippen LogP contribution in [0.4, 0.5) is 5.82 Å². The Bertz CT molecular complexity index is 879. The van der Waals surface area contributed by atoms with Crippen molar-refractivity contribution in [2.24, 2.45) is 0 Å². The number of benzene rings is 1. The molecule has 2 aromatic rings. The second kappa shape index (κ2) is 5.84. The third-order valence-electron chi connectivity index (χ3n) is 4.45. The molecular weight excluding hydrogens is 312 g/mol. The van der Waals surface area contributed by atoms with Gasteiger partial charge in [0.2, 0.25) is 0 Å². The summed E-state index contributed by atoms with van der Waals surface area (Å²) >= 11 is 0. The van der Waals surface area contributed by atoms with Crippen LogP contribution in [0.15, 0.2) is 29.1 Å². The van der Waals surface area contributed by atoms with Crippen LogP contribution in [0.5, 0.6) is 0 Å². The molecule has 1 saturated carbocycles. The van der Waals surface area contributed by atoms with Gasteiger partial charge in [-0.25, -0.2) is 9.59 Å². The molecule has 0 saturated heterocycles. The van der Waals surface area contributed by atoms with E-state index in [0.717, 1.165) is 18.4 Å². The highest BCUT2D eigenvalue weighted by molar-refractivity contribution is 6.07. The zero-order chi connectivity index (χ0) is 17.4. The fourth-order valence-corrected chi connectivity index (χ4v) is 3.00. The first-order chi connectivity index (χ1) is 11.4. The van der Waals surface area contributed by atoms with E-state index in [1.807, 2.05) is 12.1 Å². The number of hydrogen-bond donors (Lipinski definition) is 4. The van der Waals surface area contributed by atoms with Crippen LogP contribution in [0.3, 0.4) is 0 Å². The number of pyridine rings is 1. The van der Waals surface area contributed by atoms with E-state index in [1.165, 1.54) is 6.42 Å². The first-order valence-electron chi connectivity index (χ1n) is 7.52. The van der Waals surface area contributed by atoms with Crippen molar-refractivity contribution in [1.82, 2.24) is 4.98 Å². The Labute approximate surface area is 136 Å². The molecular formula is C17H16N2O5. The van der Waals surface area contributed by atoms with Crippen molar-refractivity contribution in [3.05, 3.63) is 51.3 Å². The van der Waals surface area contributed by atoms with Crippen molar-refractivity contribution < 1.29 is 19.8 Å². The van der Waals surface area contributed by atoms with Gasteiger partial charge in [-0.2, -0.15) is 0 Å². The zero-order valence-electron chi connectivity index (χ0n) is 12.7. The largest absolute Gasteiger partial charge is 0.478 e. The standard InChI is InChI=1S/C17H16N2O5/c18-14-12(16(21)22)11(13(17(23)24)15(20)19-14)10-6-4-9(5-7-10)8-2-1-3-8/h4-8H,1-3H2,(H,21,22)(H,23,24)(H3,18,19,20). The fourth-order valence-electron chi connectivity index (χ4n) is 3.00. The number of aromatic amines is 1. The average molecular weight is 328 g/mol. The Morgan fingerprint density at radius 1 is 1.04 bits per heavy atom. The molecule has 1 aromatic carbocycles. The van der Waals surface area contributed by atoms with Crippen LogP contribution in [-0.4, -0.2) is 27.1 Å². The first-order valence-corrected chi connectivity index (χ1v) is 7.52. The van der Waals surface area contributed by atoms with Gasteiger partial charge in [-0.3, -0.25) is 4.79 Å². The number of anilines is 1. The molecule has 1 aliphatic rings. The first kappa shape index (κ1) is 15.8. The number of H-pyrrole nitrogens is 1. The van der Waals surface area contributed by atoms with Gasteiger partial charge >= 0.3 is 11.9 Å². The van der Waals surface area contributed by atoms with Crippen molar-refractivity contribution in [3.8, 4) is 11.1 Å². The summed E-state index contributed by atoms with van der Waals surface area (Å²) in [5.41, 5.74) is 4.93. The number of nitrogen functional groups attached to an aromatic ring is 1. The molecule has 3 rings (SSSR count). The van der Waals surface area contributed by atoms with E-state index in [2.05, 4.69) is 4.98 Å². The highest BCUT2D eigenvalue weighted by Gasteiger charge is 2.27. The molecule has 124 valence electrons. The summed E-state index contributed by atoms with van der Waals surface area (Å²) in [7, 11) is 0. The van der Waals surface area contributed by atoms with E-state index < -0.39 is 28.6 Å². The van der Waals surface area contributed by atoms with Crippen molar-refractivity contribution >= 4 is 17.8 Å². The molecule has 7 heteroatoms. The summed E-state index contributed by atoms with van der Waals surface area (Å²) in [6.07, 6.45) is 3.40. The van der Waals surface area contributed by atoms with Crippen LogP contribution < -0.4 is 11.3 Å². The summed E-state index contributed by atoms with van der Waals surface area (Å²) in [5, 5.41) is 18.7. The van der Waals surface area contributed by atoms with Crippen molar-refractivity contribution in [1.29, 1.82) is 0 Å². The summed E-state index contributed by atoms with van der Waals surface area (Å²) in [5.74, 6) is -2.78. The summed E-state index contributed by atoms with van der Waals surface area (Å²) in [4.78, 5) is 37.1. The van der Waals surface area contributed by atoms with E-state index in [4.69, 9.17) is 5.73 Å². The van der Waals surface area contributed by atoms with Crippen molar-refractivity contribution in [2.75, 3.05) is 5.73 Å². The predicted molar refractivity (Wildman–Crippen MR) is 87.4 cm³/mol. The molecule has 0 radical (unpaired) electrons. The van der Waals surface area contributed by atoms with Gasteiger partial charge in [0.25, 0.3) is 5.56 Å². The van der Waals surface area contributed by atoms with Crippen molar-refractivity contribution in [3.63, 3.8) is 0 Å². The lowest BCUT2D eigenvalue weighted by Crippen LogP contribution is -2.24. The summed E-state index contributed by atoms with van der Waals surface area (Å²) < 4.78 is 0. The Hall–Kier alpha value is -3.09. The minimum atomic E-state index is -1.50. The lowest BCUT2D eigenvalue weighted by molar-refractivity contribution is 0.0695. The number of aromatic nitrogens is 1. The molecule has 1 aromatic heterocycles. The number of aromatic carboxylic acids is 2.